The summed E-state index contributed by atoms with van der Waals surface area (Å²) in [7, 11) is 0. The number of carboxylic acid groups (broad SMARTS) is 1. The van der Waals surface area contributed by atoms with Crippen molar-refractivity contribution in [3.05, 3.63) is 30.3 Å². The smallest absolute Gasteiger partial charge is 0.303 e. The van der Waals surface area contributed by atoms with E-state index in [1.54, 1.807) is 0 Å². The number of carbonyl (C=O) groups excluding carboxylic acids is 1. The molecule has 1 aromatic carbocycles. The molecule has 1 aliphatic heterocycles. The van der Waals surface area contributed by atoms with Crippen LogP contribution in [-0.2, 0) is 9.59 Å². The molecule has 1 N–H and O–H groups in total. The second kappa shape index (κ2) is 6.60. The van der Waals surface area contributed by atoms with E-state index in [-0.39, 0.29) is 18.2 Å². The van der Waals surface area contributed by atoms with Crippen molar-refractivity contribution in [2.24, 2.45) is 5.92 Å². The SMILES string of the molecule is O=C(O)CCC1CCCN(C(=O)C2(Oc3ccccc3)CC2)C1. The number of hydrogen-bond acceptors (Lipinski definition) is 3. The van der Waals surface area contributed by atoms with Crippen molar-refractivity contribution in [1.29, 1.82) is 0 Å². The third-order valence-electron chi connectivity index (χ3n) is 4.72. The molecule has 1 heterocycles. The number of ether oxygens (including phenoxy) is 1. The molecular formula is C18H23NO4. The third-order valence-corrected chi connectivity index (χ3v) is 4.72. The van der Waals surface area contributed by atoms with E-state index in [0.717, 1.165) is 38.0 Å². The topological polar surface area (TPSA) is 66.8 Å². The van der Waals surface area contributed by atoms with E-state index in [1.807, 2.05) is 35.2 Å². The molecular weight excluding hydrogens is 294 g/mol. The van der Waals surface area contributed by atoms with E-state index in [2.05, 4.69) is 0 Å². The fourth-order valence-corrected chi connectivity index (χ4v) is 3.29. The number of carbonyl (C=O) groups is 2. The van der Waals surface area contributed by atoms with E-state index >= 15 is 0 Å². The van der Waals surface area contributed by atoms with Gasteiger partial charge >= 0.3 is 5.97 Å². The van der Waals surface area contributed by atoms with Gasteiger partial charge in [-0.2, -0.15) is 0 Å². The first-order chi connectivity index (χ1) is 11.1. The maximum atomic E-state index is 12.9. The lowest BCUT2D eigenvalue weighted by Gasteiger charge is -2.35. The van der Waals surface area contributed by atoms with Gasteiger partial charge in [-0.05, 0) is 37.3 Å². The summed E-state index contributed by atoms with van der Waals surface area (Å²) in [6, 6.07) is 9.47. The fraction of sp³-hybridized carbons (Fsp3) is 0.556. The zero-order valence-electron chi connectivity index (χ0n) is 13.2. The Bertz CT molecular complexity index is 568. The van der Waals surface area contributed by atoms with E-state index in [4.69, 9.17) is 9.84 Å². The summed E-state index contributed by atoms with van der Waals surface area (Å²) in [6.07, 6.45) is 4.29. The van der Waals surface area contributed by atoms with Crippen LogP contribution in [0.25, 0.3) is 0 Å². The Balaban J connectivity index is 1.59. The maximum Gasteiger partial charge on any atom is 0.303 e. The van der Waals surface area contributed by atoms with Gasteiger partial charge in [0.05, 0.1) is 0 Å². The summed E-state index contributed by atoms with van der Waals surface area (Å²) in [6.45, 7) is 1.41. The van der Waals surface area contributed by atoms with Crippen LogP contribution in [-0.4, -0.2) is 40.6 Å². The van der Waals surface area contributed by atoms with Gasteiger partial charge in [0.1, 0.15) is 5.75 Å². The number of rotatable bonds is 6. The van der Waals surface area contributed by atoms with Crippen molar-refractivity contribution in [2.45, 2.75) is 44.1 Å². The van der Waals surface area contributed by atoms with E-state index in [9.17, 15) is 9.59 Å². The van der Waals surface area contributed by atoms with Crippen LogP contribution in [0.1, 0.15) is 38.5 Å². The highest BCUT2D eigenvalue weighted by molar-refractivity contribution is 5.88. The number of aliphatic carboxylic acids is 1. The predicted octanol–water partition coefficient (Wildman–Crippen LogP) is 2.70. The zero-order chi connectivity index (χ0) is 16.3. The Kier molecular flexibility index (Phi) is 4.55. The van der Waals surface area contributed by atoms with Crippen molar-refractivity contribution < 1.29 is 19.4 Å². The predicted molar refractivity (Wildman–Crippen MR) is 85.2 cm³/mol. The number of carboxylic acids is 1. The monoisotopic (exact) mass is 317 g/mol. The Morgan fingerprint density at radius 2 is 2.00 bits per heavy atom. The minimum Gasteiger partial charge on any atom is -0.481 e. The first-order valence-corrected chi connectivity index (χ1v) is 8.34. The lowest BCUT2D eigenvalue weighted by Crippen LogP contribution is -2.48. The minimum absolute atomic E-state index is 0.0707. The van der Waals surface area contributed by atoms with Crippen molar-refractivity contribution >= 4 is 11.9 Å². The van der Waals surface area contributed by atoms with Crippen molar-refractivity contribution in [1.82, 2.24) is 4.90 Å². The molecule has 0 aromatic heterocycles. The van der Waals surface area contributed by atoms with Crippen molar-refractivity contribution in [3.63, 3.8) is 0 Å². The van der Waals surface area contributed by atoms with Gasteiger partial charge in [-0.15, -0.1) is 0 Å². The lowest BCUT2D eigenvalue weighted by atomic mass is 9.93. The maximum absolute atomic E-state index is 12.9. The molecule has 2 fully saturated rings. The highest BCUT2D eigenvalue weighted by Crippen LogP contribution is 2.42. The molecule has 5 nitrogen and oxygen atoms in total. The number of hydrogen-bond donors (Lipinski definition) is 1. The molecule has 1 saturated heterocycles. The van der Waals surface area contributed by atoms with Crippen LogP contribution in [0.4, 0.5) is 0 Å². The first-order valence-electron chi connectivity index (χ1n) is 8.34. The van der Waals surface area contributed by atoms with Crippen LogP contribution < -0.4 is 4.74 Å². The highest BCUT2D eigenvalue weighted by Gasteiger charge is 2.55. The quantitative estimate of drug-likeness (QED) is 0.876. The lowest BCUT2D eigenvalue weighted by molar-refractivity contribution is -0.142. The van der Waals surface area contributed by atoms with E-state index < -0.39 is 11.6 Å². The minimum atomic E-state index is -0.764. The molecule has 0 radical (unpaired) electrons. The van der Waals surface area contributed by atoms with Gasteiger partial charge < -0.3 is 14.7 Å². The standard InChI is InChI=1S/C18H23NO4/c20-16(21)9-8-14-5-4-12-19(13-14)17(22)18(10-11-18)23-15-6-2-1-3-7-15/h1-3,6-7,14H,4-5,8-13H2,(H,20,21). The van der Waals surface area contributed by atoms with E-state index in [0.29, 0.717) is 13.0 Å². The summed E-state index contributed by atoms with van der Waals surface area (Å²) >= 11 is 0. The van der Waals surface area contributed by atoms with Crippen LogP contribution in [0.2, 0.25) is 0 Å². The highest BCUT2D eigenvalue weighted by atomic mass is 16.5. The Labute approximate surface area is 136 Å². The molecule has 1 aliphatic carbocycles. The normalized spacial score (nSPS) is 22.4. The summed E-state index contributed by atoms with van der Waals surface area (Å²) in [5.41, 5.74) is -0.684. The van der Waals surface area contributed by atoms with Crippen LogP contribution in [0.15, 0.2) is 30.3 Å². The summed E-state index contributed by atoms with van der Waals surface area (Å²) in [5.74, 6) is 0.329. The Morgan fingerprint density at radius 1 is 1.26 bits per heavy atom. The van der Waals surface area contributed by atoms with Gasteiger partial charge in [0.25, 0.3) is 5.91 Å². The fourth-order valence-electron chi connectivity index (χ4n) is 3.29. The molecule has 1 amide bonds. The second-order valence-electron chi connectivity index (χ2n) is 6.60. The largest absolute Gasteiger partial charge is 0.481 e. The Hall–Kier alpha value is -2.04. The molecule has 2 aliphatic rings. The average Bonchev–Trinajstić information content (AvgIpc) is 3.34. The number of amides is 1. The van der Waals surface area contributed by atoms with Gasteiger partial charge in [0.15, 0.2) is 5.60 Å². The number of benzene rings is 1. The van der Waals surface area contributed by atoms with Crippen LogP contribution in [0, 0.1) is 5.92 Å². The van der Waals surface area contributed by atoms with Gasteiger partial charge in [-0.25, -0.2) is 0 Å². The molecule has 1 unspecified atom stereocenters. The molecule has 1 atom stereocenters. The number of piperidine rings is 1. The van der Waals surface area contributed by atoms with Crippen LogP contribution >= 0.6 is 0 Å². The summed E-state index contributed by atoms with van der Waals surface area (Å²) in [5, 5.41) is 8.82. The van der Waals surface area contributed by atoms with Gasteiger partial charge in [0.2, 0.25) is 0 Å². The summed E-state index contributed by atoms with van der Waals surface area (Å²) in [4.78, 5) is 25.5. The molecule has 1 aromatic rings. The van der Waals surface area contributed by atoms with E-state index in [1.165, 1.54) is 0 Å². The van der Waals surface area contributed by atoms with Crippen molar-refractivity contribution in [3.8, 4) is 5.75 Å². The molecule has 5 heteroatoms. The molecule has 0 bridgehead atoms. The van der Waals surface area contributed by atoms with Gasteiger partial charge in [0, 0.05) is 32.4 Å². The van der Waals surface area contributed by atoms with Crippen LogP contribution in [0.3, 0.4) is 0 Å². The number of para-hydroxylation sites is 1. The van der Waals surface area contributed by atoms with Gasteiger partial charge in [-0.3, -0.25) is 9.59 Å². The molecule has 23 heavy (non-hydrogen) atoms. The number of likely N-dealkylation sites (tertiary alicyclic amines) is 1. The zero-order valence-corrected chi connectivity index (χ0v) is 13.2. The molecule has 124 valence electrons. The number of nitrogens with zero attached hydrogens (tertiary/aromatic N) is 1. The van der Waals surface area contributed by atoms with Gasteiger partial charge in [-0.1, -0.05) is 18.2 Å². The molecule has 0 spiro atoms. The van der Waals surface area contributed by atoms with Crippen LogP contribution in [0.5, 0.6) is 5.75 Å². The third kappa shape index (κ3) is 3.84. The molecule has 3 rings (SSSR count). The summed E-state index contributed by atoms with van der Waals surface area (Å²) < 4.78 is 5.98. The first kappa shape index (κ1) is 15.8. The second-order valence-corrected chi connectivity index (χ2v) is 6.60. The van der Waals surface area contributed by atoms with Crippen molar-refractivity contribution in [2.75, 3.05) is 13.1 Å². The average molecular weight is 317 g/mol. The Morgan fingerprint density at radius 3 is 2.65 bits per heavy atom. The molecule has 1 saturated carbocycles.